The second kappa shape index (κ2) is 8.96. The lowest BCUT2D eigenvalue weighted by Gasteiger charge is -2.40. The van der Waals surface area contributed by atoms with Crippen molar-refractivity contribution < 1.29 is 31.1 Å². The van der Waals surface area contributed by atoms with Gasteiger partial charge in [0.05, 0.1) is 10.5 Å². The molecule has 190 valence electrons. The van der Waals surface area contributed by atoms with E-state index in [4.69, 9.17) is 4.74 Å². The minimum Gasteiger partial charge on any atom is -0.462 e. The molecule has 2 saturated heterocycles. The molecular weight excluding hydrogens is 485 g/mol. The Morgan fingerprint density at radius 1 is 1.06 bits per heavy atom. The van der Waals surface area contributed by atoms with Crippen LogP contribution in [0.2, 0.25) is 0 Å². The van der Waals surface area contributed by atoms with E-state index in [0.717, 1.165) is 31.2 Å². The number of pyridine rings is 2. The summed E-state index contributed by atoms with van der Waals surface area (Å²) in [5.74, 6) is 0.260. The fourth-order valence-corrected chi connectivity index (χ4v) is 5.25. The van der Waals surface area contributed by atoms with Gasteiger partial charge >= 0.3 is 6.18 Å². The van der Waals surface area contributed by atoms with Crippen molar-refractivity contribution in [3.05, 3.63) is 42.2 Å². The molecule has 2 aliphatic rings. The molecule has 0 saturated carbocycles. The van der Waals surface area contributed by atoms with Crippen molar-refractivity contribution in [2.24, 2.45) is 0 Å². The first-order valence-corrected chi connectivity index (χ1v) is 13.1. The summed E-state index contributed by atoms with van der Waals surface area (Å²) in [5.41, 5.74) is -2.24. The summed E-state index contributed by atoms with van der Waals surface area (Å²) in [5, 5.41) is 3.02. The van der Waals surface area contributed by atoms with E-state index in [1.54, 1.807) is 26.0 Å². The molecule has 0 aromatic carbocycles. The number of sulfone groups is 1. The third-order valence-electron chi connectivity index (χ3n) is 6.45. The van der Waals surface area contributed by atoms with Gasteiger partial charge in [0.15, 0.2) is 15.4 Å². The maximum atomic E-state index is 13.0. The Bertz CT molecular complexity index is 1170. The van der Waals surface area contributed by atoms with Crippen molar-refractivity contribution in [3.8, 4) is 5.88 Å². The van der Waals surface area contributed by atoms with Gasteiger partial charge in [-0.3, -0.25) is 4.79 Å². The summed E-state index contributed by atoms with van der Waals surface area (Å²) in [6.07, 6.45) is 1.92. The molecule has 0 spiro atoms. The molecule has 2 unspecified atom stereocenters. The fraction of sp³-hybridized carbons (Fsp3) is 0.522. The first-order valence-electron chi connectivity index (χ1n) is 11.2. The number of alkyl halides is 3. The highest BCUT2D eigenvalue weighted by Gasteiger charge is 2.43. The Balaban J connectivity index is 1.38. The largest absolute Gasteiger partial charge is 0.462 e. The maximum Gasteiger partial charge on any atom is 0.417 e. The van der Waals surface area contributed by atoms with Gasteiger partial charge in [-0.25, -0.2) is 18.4 Å². The van der Waals surface area contributed by atoms with Crippen LogP contribution in [0.1, 0.15) is 45.1 Å². The predicted molar refractivity (Wildman–Crippen MR) is 122 cm³/mol. The quantitative estimate of drug-likeness (QED) is 0.633. The molecule has 2 atom stereocenters. The Morgan fingerprint density at radius 3 is 2.20 bits per heavy atom. The van der Waals surface area contributed by atoms with Crippen LogP contribution in [0, 0.1) is 0 Å². The number of piperidine rings is 1. The van der Waals surface area contributed by atoms with Crippen LogP contribution in [0.5, 0.6) is 5.88 Å². The molecule has 4 heterocycles. The van der Waals surface area contributed by atoms with Crippen molar-refractivity contribution in [1.82, 2.24) is 15.3 Å². The van der Waals surface area contributed by atoms with E-state index >= 15 is 0 Å². The number of hydrogen-bond donors (Lipinski definition) is 1. The van der Waals surface area contributed by atoms with Crippen molar-refractivity contribution >= 4 is 21.6 Å². The van der Waals surface area contributed by atoms with Gasteiger partial charge in [0.1, 0.15) is 5.82 Å². The number of amides is 1. The standard InChI is InChI=1S/C23H27F3N4O4S/c1-22(2,34-20-9-4-14(12-28-20)23(24,25)26)21(31)29-15-10-16-5-6-17(11-15)30(16)19-8-7-18(13-27-19)35(3,32)33/h4,7-9,12-13,15-17H,5-6,10-11H2,1-3H3,(H,29,31). The molecule has 1 N–H and O–H groups in total. The normalized spacial score (nSPS) is 22.7. The first kappa shape index (κ1) is 25.2. The Labute approximate surface area is 201 Å². The Kier molecular flexibility index (Phi) is 6.45. The summed E-state index contributed by atoms with van der Waals surface area (Å²) in [6.45, 7) is 3.08. The predicted octanol–water partition coefficient (Wildman–Crippen LogP) is 3.37. The molecule has 2 aromatic rings. The first-order chi connectivity index (χ1) is 16.2. The third-order valence-corrected chi connectivity index (χ3v) is 7.55. The van der Waals surface area contributed by atoms with Crippen LogP contribution in [0.3, 0.4) is 0 Å². The average Bonchev–Trinajstić information content (AvgIpc) is 3.03. The number of ether oxygens (including phenoxy) is 1. The lowest BCUT2D eigenvalue weighted by Crippen LogP contribution is -2.55. The summed E-state index contributed by atoms with van der Waals surface area (Å²) in [7, 11) is -3.32. The number of aromatic nitrogens is 2. The number of carbonyl (C=O) groups is 1. The highest BCUT2D eigenvalue weighted by Crippen LogP contribution is 2.39. The molecule has 2 bridgehead atoms. The molecule has 2 aliphatic heterocycles. The van der Waals surface area contributed by atoms with Crippen LogP contribution in [-0.4, -0.2) is 54.3 Å². The van der Waals surface area contributed by atoms with Crippen LogP contribution in [0.25, 0.3) is 0 Å². The zero-order valence-electron chi connectivity index (χ0n) is 19.5. The number of hydrogen-bond acceptors (Lipinski definition) is 7. The minimum atomic E-state index is -4.50. The molecule has 2 fully saturated rings. The van der Waals surface area contributed by atoms with Crippen molar-refractivity contribution in [2.45, 2.75) is 74.3 Å². The summed E-state index contributed by atoms with van der Waals surface area (Å²) < 4.78 is 67.2. The van der Waals surface area contributed by atoms with E-state index in [9.17, 15) is 26.4 Å². The zero-order valence-corrected chi connectivity index (χ0v) is 20.4. The second-order valence-electron chi connectivity index (χ2n) is 9.55. The Hall–Kier alpha value is -2.89. The van der Waals surface area contributed by atoms with E-state index < -0.39 is 27.2 Å². The van der Waals surface area contributed by atoms with Crippen LogP contribution in [0.15, 0.2) is 41.6 Å². The van der Waals surface area contributed by atoms with Gasteiger partial charge < -0.3 is 15.0 Å². The van der Waals surface area contributed by atoms with Crippen LogP contribution < -0.4 is 15.0 Å². The maximum absolute atomic E-state index is 13.0. The molecule has 0 aliphatic carbocycles. The van der Waals surface area contributed by atoms with Gasteiger partial charge in [-0.15, -0.1) is 0 Å². The summed E-state index contributed by atoms with van der Waals surface area (Å²) in [4.78, 5) is 23.4. The van der Waals surface area contributed by atoms with Crippen molar-refractivity contribution in [3.63, 3.8) is 0 Å². The van der Waals surface area contributed by atoms with Gasteiger partial charge in [-0.05, 0) is 57.7 Å². The van der Waals surface area contributed by atoms with Gasteiger partial charge in [0, 0.05) is 42.8 Å². The van der Waals surface area contributed by atoms with Crippen molar-refractivity contribution in [2.75, 3.05) is 11.2 Å². The fourth-order valence-electron chi connectivity index (χ4n) is 4.69. The third kappa shape index (κ3) is 5.52. The number of rotatable bonds is 6. The number of anilines is 1. The molecule has 35 heavy (non-hydrogen) atoms. The molecule has 12 heteroatoms. The molecule has 8 nitrogen and oxygen atoms in total. The average molecular weight is 513 g/mol. The SMILES string of the molecule is CC(C)(Oc1ccc(C(F)(F)F)cn1)C(=O)NC1CC2CCC(C1)N2c1ccc(S(C)(=O)=O)cn1. The number of halogens is 3. The number of nitrogens with one attached hydrogen (secondary N) is 1. The highest BCUT2D eigenvalue weighted by molar-refractivity contribution is 7.90. The van der Waals surface area contributed by atoms with E-state index in [0.29, 0.717) is 24.9 Å². The molecule has 2 aromatic heterocycles. The Morgan fingerprint density at radius 2 is 1.71 bits per heavy atom. The molecule has 4 rings (SSSR count). The van der Waals surface area contributed by atoms with E-state index in [2.05, 4.69) is 20.2 Å². The topological polar surface area (TPSA) is 101 Å². The monoisotopic (exact) mass is 512 g/mol. The van der Waals surface area contributed by atoms with Crippen molar-refractivity contribution in [1.29, 1.82) is 0 Å². The number of fused-ring (bicyclic) bond motifs is 2. The summed E-state index contributed by atoms with van der Waals surface area (Å²) >= 11 is 0. The van der Waals surface area contributed by atoms with Gasteiger partial charge in [-0.2, -0.15) is 13.2 Å². The van der Waals surface area contributed by atoms with Gasteiger partial charge in [0.2, 0.25) is 5.88 Å². The molecule has 1 amide bonds. The van der Waals surface area contributed by atoms with E-state index in [-0.39, 0.29) is 34.8 Å². The second-order valence-corrected chi connectivity index (χ2v) is 11.6. The number of nitrogens with zero attached hydrogens (tertiary/aromatic N) is 3. The molecule has 0 radical (unpaired) electrons. The van der Waals surface area contributed by atoms with Gasteiger partial charge in [-0.1, -0.05) is 0 Å². The van der Waals surface area contributed by atoms with Gasteiger partial charge in [0.25, 0.3) is 5.91 Å². The smallest absolute Gasteiger partial charge is 0.417 e. The van der Waals surface area contributed by atoms with E-state index in [1.807, 2.05) is 0 Å². The van der Waals surface area contributed by atoms with Crippen LogP contribution >= 0.6 is 0 Å². The number of carbonyl (C=O) groups excluding carboxylic acids is 1. The lowest BCUT2D eigenvalue weighted by molar-refractivity contribution is -0.138. The minimum absolute atomic E-state index is 0.0725. The van der Waals surface area contributed by atoms with Crippen LogP contribution in [0.4, 0.5) is 19.0 Å². The molecular formula is C23H27F3N4O4S. The zero-order chi connectivity index (χ0) is 25.6. The summed E-state index contributed by atoms with van der Waals surface area (Å²) in [6, 6.07) is 5.43. The lowest BCUT2D eigenvalue weighted by atomic mass is 9.96. The van der Waals surface area contributed by atoms with E-state index in [1.165, 1.54) is 6.20 Å². The van der Waals surface area contributed by atoms with Crippen LogP contribution in [-0.2, 0) is 20.8 Å². The highest BCUT2D eigenvalue weighted by atomic mass is 32.2.